The van der Waals surface area contributed by atoms with Crippen LogP contribution < -0.4 is 0 Å². The van der Waals surface area contributed by atoms with E-state index in [9.17, 15) is 9.90 Å². The Kier molecular flexibility index (Phi) is 4.18. The first-order valence-corrected chi connectivity index (χ1v) is 8.00. The molecule has 2 heterocycles. The van der Waals surface area contributed by atoms with E-state index in [2.05, 4.69) is 24.9 Å². The molecule has 1 aliphatic heterocycles. The zero-order valence-corrected chi connectivity index (χ0v) is 13.6. The van der Waals surface area contributed by atoms with Gasteiger partial charge in [0.15, 0.2) is 0 Å². The standard InChI is InChI=1S/C19H22N2O2/c1-14-5-3-7-17(15(14)2)19(23)8-11-21(12-9-19)18(22)16-6-4-10-20-13-16/h3-7,10,13,23H,8-9,11-12H2,1-2H3. The number of hydrogen-bond donors (Lipinski definition) is 1. The molecule has 120 valence electrons. The first kappa shape index (κ1) is 15.7. The Morgan fingerprint density at radius 2 is 1.91 bits per heavy atom. The van der Waals surface area contributed by atoms with Gasteiger partial charge in [-0.15, -0.1) is 0 Å². The predicted octanol–water partition coefficient (Wildman–Crippen LogP) is 2.82. The van der Waals surface area contributed by atoms with E-state index in [1.807, 2.05) is 12.1 Å². The Morgan fingerprint density at radius 1 is 1.17 bits per heavy atom. The number of nitrogens with zero attached hydrogens (tertiary/aromatic N) is 2. The third-order valence-corrected chi connectivity index (χ3v) is 4.89. The first-order valence-electron chi connectivity index (χ1n) is 8.00. The van der Waals surface area contributed by atoms with Crippen LogP contribution >= 0.6 is 0 Å². The molecule has 0 saturated carbocycles. The summed E-state index contributed by atoms with van der Waals surface area (Å²) in [5.74, 6) is -0.0129. The molecular formula is C19H22N2O2. The fourth-order valence-electron chi connectivity index (χ4n) is 3.28. The number of aliphatic hydroxyl groups is 1. The number of carbonyl (C=O) groups is 1. The molecule has 1 N–H and O–H groups in total. The van der Waals surface area contributed by atoms with Crippen LogP contribution in [0.3, 0.4) is 0 Å². The van der Waals surface area contributed by atoms with Crippen LogP contribution in [-0.2, 0) is 5.60 Å². The van der Waals surface area contributed by atoms with Crippen molar-refractivity contribution in [2.75, 3.05) is 13.1 Å². The van der Waals surface area contributed by atoms with Crippen LogP contribution in [0.2, 0.25) is 0 Å². The molecule has 1 fully saturated rings. The molecule has 1 aromatic carbocycles. The molecule has 23 heavy (non-hydrogen) atoms. The lowest BCUT2D eigenvalue weighted by Crippen LogP contribution is -2.45. The molecule has 1 aromatic heterocycles. The maximum absolute atomic E-state index is 12.5. The highest BCUT2D eigenvalue weighted by atomic mass is 16.3. The Balaban J connectivity index is 1.75. The summed E-state index contributed by atoms with van der Waals surface area (Å²) in [4.78, 5) is 18.3. The van der Waals surface area contributed by atoms with Gasteiger partial charge in [0.2, 0.25) is 0 Å². The normalized spacial score (nSPS) is 17.1. The van der Waals surface area contributed by atoms with Gasteiger partial charge < -0.3 is 10.0 Å². The Labute approximate surface area is 136 Å². The summed E-state index contributed by atoms with van der Waals surface area (Å²) in [5.41, 5.74) is 3.07. The molecule has 0 bridgehead atoms. The zero-order chi connectivity index (χ0) is 16.4. The molecule has 0 radical (unpaired) electrons. The van der Waals surface area contributed by atoms with Crippen LogP contribution in [0.25, 0.3) is 0 Å². The smallest absolute Gasteiger partial charge is 0.255 e. The van der Waals surface area contributed by atoms with Crippen molar-refractivity contribution < 1.29 is 9.90 Å². The Morgan fingerprint density at radius 3 is 2.57 bits per heavy atom. The molecule has 0 spiro atoms. The highest BCUT2D eigenvalue weighted by Gasteiger charge is 2.36. The lowest BCUT2D eigenvalue weighted by atomic mass is 9.81. The molecule has 0 atom stereocenters. The fourth-order valence-corrected chi connectivity index (χ4v) is 3.28. The molecule has 2 aromatic rings. The molecule has 1 saturated heterocycles. The van der Waals surface area contributed by atoms with Gasteiger partial charge in [0.05, 0.1) is 11.2 Å². The van der Waals surface area contributed by atoms with Crippen LogP contribution in [-0.4, -0.2) is 34.0 Å². The van der Waals surface area contributed by atoms with Crippen LogP contribution in [0.1, 0.15) is 39.9 Å². The van der Waals surface area contributed by atoms with Gasteiger partial charge in [0.1, 0.15) is 0 Å². The van der Waals surface area contributed by atoms with Gasteiger partial charge in [0, 0.05) is 25.5 Å². The van der Waals surface area contributed by atoms with Crippen molar-refractivity contribution in [2.24, 2.45) is 0 Å². The average molecular weight is 310 g/mol. The SMILES string of the molecule is Cc1cccc(C2(O)CCN(C(=O)c3cccnc3)CC2)c1C. The number of aryl methyl sites for hydroxylation is 1. The summed E-state index contributed by atoms with van der Waals surface area (Å²) in [7, 11) is 0. The molecule has 0 unspecified atom stereocenters. The second kappa shape index (κ2) is 6.13. The van der Waals surface area contributed by atoms with E-state index in [0.717, 1.165) is 11.1 Å². The molecule has 1 amide bonds. The van der Waals surface area contributed by atoms with Gasteiger partial charge in [-0.25, -0.2) is 0 Å². The third-order valence-electron chi connectivity index (χ3n) is 4.89. The number of amides is 1. The summed E-state index contributed by atoms with van der Waals surface area (Å²) >= 11 is 0. The summed E-state index contributed by atoms with van der Waals surface area (Å²) in [6.45, 7) is 5.22. The van der Waals surface area contributed by atoms with Crippen molar-refractivity contribution in [1.82, 2.24) is 9.88 Å². The van der Waals surface area contributed by atoms with E-state index in [0.29, 0.717) is 31.5 Å². The van der Waals surface area contributed by atoms with Crippen LogP contribution in [0.5, 0.6) is 0 Å². The fraction of sp³-hybridized carbons (Fsp3) is 0.368. The highest BCUT2D eigenvalue weighted by Crippen LogP contribution is 2.35. The first-order chi connectivity index (χ1) is 11.0. The number of aromatic nitrogens is 1. The van der Waals surface area contributed by atoms with Crippen molar-refractivity contribution in [3.63, 3.8) is 0 Å². The summed E-state index contributed by atoms with van der Waals surface area (Å²) in [5, 5.41) is 11.1. The third kappa shape index (κ3) is 2.99. The number of likely N-dealkylation sites (tertiary alicyclic amines) is 1. The summed E-state index contributed by atoms with van der Waals surface area (Å²) in [6.07, 6.45) is 4.37. The lowest BCUT2D eigenvalue weighted by molar-refractivity contribution is -0.0216. The van der Waals surface area contributed by atoms with E-state index in [1.54, 1.807) is 29.4 Å². The van der Waals surface area contributed by atoms with E-state index >= 15 is 0 Å². The second-order valence-electron chi connectivity index (χ2n) is 6.31. The summed E-state index contributed by atoms with van der Waals surface area (Å²) in [6, 6.07) is 9.59. The Bertz CT molecular complexity index is 705. The molecule has 0 aliphatic carbocycles. The van der Waals surface area contributed by atoms with Crippen molar-refractivity contribution in [3.8, 4) is 0 Å². The van der Waals surface area contributed by atoms with Crippen molar-refractivity contribution >= 4 is 5.91 Å². The largest absolute Gasteiger partial charge is 0.385 e. The lowest BCUT2D eigenvalue weighted by Gasteiger charge is -2.39. The second-order valence-corrected chi connectivity index (χ2v) is 6.31. The molecular weight excluding hydrogens is 288 g/mol. The van der Waals surface area contributed by atoms with E-state index < -0.39 is 5.60 Å². The van der Waals surface area contributed by atoms with Gasteiger partial charge in [-0.05, 0) is 55.5 Å². The number of hydrogen-bond acceptors (Lipinski definition) is 3. The minimum Gasteiger partial charge on any atom is -0.385 e. The van der Waals surface area contributed by atoms with Gasteiger partial charge in [-0.1, -0.05) is 18.2 Å². The van der Waals surface area contributed by atoms with Crippen LogP contribution in [0.4, 0.5) is 0 Å². The van der Waals surface area contributed by atoms with E-state index in [-0.39, 0.29) is 5.91 Å². The number of rotatable bonds is 2. The van der Waals surface area contributed by atoms with Gasteiger partial charge >= 0.3 is 0 Å². The number of carbonyl (C=O) groups excluding carboxylic acids is 1. The van der Waals surface area contributed by atoms with E-state index in [1.165, 1.54) is 5.56 Å². The topological polar surface area (TPSA) is 53.4 Å². The average Bonchev–Trinajstić information content (AvgIpc) is 2.58. The van der Waals surface area contributed by atoms with Crippen molar-refractivity contribution in [1.29, 1.82) is 0 Å². The Hall–Kier alpha value is -2.20. The zero-order valence-electron chi connectivity index (χ0n) is 13.6. The molecule has 3 rings (SSSR count). The van der Waals surface area contributed by atoms with Crippen LogP contribution in [0, 0.1) is 13.8 Å². The molecule has 1 aliphatic rings. The molecule has 4 nitrogen and oxygen atoms in total. The maximum Gasteiger partial charge on any atom is 0.255 e. The minimum atomic E-state index is -0.845. The monoisotopic (exact) mass is 310 g/mol. The van der Waals surface area contributed by atoms with Gasteiger partial charge in [0.25, 0.3) is 5.91 Å². The van der Waals surface area contributed by atoms with Crippen molar-refractivity contribution in [2.45, 2.75) is 32.3 Å². The predicted molar refractivity (Wildman–Crippen MR) is 89.2 cm³/mol. The highest BCUT2D eigenvalue weighted by molar-refractivity contribution is 5.93. The number of benzene rings is 1. The number of pyridine rings is 1. The number of piperidine rings is 1. The molecule has 4 heteroatoms. The van der Waals surface area contributed by atoms with Crippen LogP contribution in [0.15, 0.2) is 42.7 Å². The maximum atomic E-state index is 12.5. The summed E-state index contributed by atoms with van der Waals surface area (Å²) < 4.78 is 0. The van der Waals surface area contributed by atoms with E-state index in [4.69, 9.17) is 0 Å². The van der Waals surface area contributed by atoms with Gasteiger partial charge in [-0.2, -0.15) is 0 Å². The minimum absolute atomic E-state index is 0.0129. The van der Waals surface area contributed by atoms with Crippen molar-refractivity contribution in [3.05, 3.63) is 65.0 Å². The van der Waals surface area contributed by atoms with Gasteiger partial charge in [-0.3, -0.25) is 9.78 Å². The quantitative estimate of drug-likeness (QED) is 0.928.